The summed E-state index contributed by atoms with van der Waals surface area (Å²) in [4.78, 5) is 40.2. The van der Waals surface area contributed by atoms with E-state index in [1.54, 1.807) is 16.7 Å². The number of rotatable bonds is 4. The van der Waals surface area contributed by atoms with Crippen LogP contribution in [0, 0.1) is 5.92 Å². The molecule has 0 unspecified atom stereocenters. The quantitative estimate of drug-likeness (QED) is 0.831. The molecule has 3 amide bonds. The second-order valence-electron chi connectivity index (χ2n) is 6.64. The Hall–Kier alpha value is -2.57. The molecular weight excluding hydrogens is 334 g/mol. The van der Waals surface area contributed by atoms with E-state index in [-0.39, 0.29) is 23.9 Å². The summed E-state index contributed by atoms with van der Waals surface area (Å²) in [7, 11) is 0. The van der Waals surface area contributed by atoms with Gasteiger partial charge < -0.3 is 19.9 Å². The number of carbonyl (C=O) groups is 3. The van der Waals surface area contributed by atoms with E-state index < -0.39 is 5.92 Å². The number of para-hydroxylation sites is 1. The van der Waals surface area contributed by atoms with Crippen LogP contribution in [0.4, 0.5) is 10.5 Å². The van der Waals surface area contributed by atoms with Gasteiger partial charge in [0.2, 0.25) is 11.8 Å². The lowest BCUT2D eigenvalue weighted by Gasteiger charge is -2.32. The summed E-state index contributed by atoms with van der Waals surface area (Å²) in [5.74, 6) is -0.973. The number of amides is 3. The molecule has 26 heavy (non-hydrogen) atoms. The van der Waals surface area contributed by atoms with Crippen molar-refractivity contribution in [2.45, 2.75) is 32.2 Å². The first kappa shape index (κ1) is 18.2. The third-order valence-corrected chi connectivity index (χ3v) is 4.96. The van der Waals surface area contributed by atoms with Crippen molar-refractivity contribution >= 4 is 23.6 Å². The lowest BCUT2D eigenvalue weighted by molar-refractivity contribution is -0.132. The van der Waals surface area contributed by atoms with E-state index in [1.165, 1.54) is 0 Å². The Kier molecular flexibility index (Phi) is 5.75. The number of piperidine rings is 1. The lowest BCUT2D eigenvalue weighted by Crippen LogP contribution is -2.48. The van der Waals surface area contributed by atoms with E-state index in [2.05, 4.69) is 5.32 Å². The van der Waals surface area contributed by atoms with Crippen molar-refractivity contribution in [2.75, 3.05) is 31.1 Å². The van der Waals surface area contributed by atoms with E-state index in [9.17, 15) is 14.4 Å². The van der Waals surface area contributed by atoms with Gasteiger partial charge in [0, 0.05) is 31.4 Å². The molecule has 0 bridgehead atoms. The van der Waals surface area contributed by atoms with Gasteiger partial charge in [-0.05, 0) is 38.3 Å². The molecule has 2 saturated heterocycles. The van der Waals surface area contributed by atoms with Gasteiger partial charge in [-0.25, -0.2) is 4.79 Å². The van der Waals surface area contributed by atoms with Crippen LogP contribution in [-0.2, 0) is 14.3 Å². The van der Waals surface area contributed by atoms with E-state index in [1.807, 2.05) is 30.3 Å². The van der Waals surface area contributed by atoms with Crippen LogP contribution in [-0.4, -0.2) is 55.1 Å². The second-order valence-corrected chi connectivity index (χ2v) is 6.64. The molecular formula is C19H25N3O4. The molecule has 3 rings (SSSR count). The molecule has 2 heterocycles. The SMILES string of the molecule is CCOC(=O)N1CCC(NC(=O)[C@H]2CCN(c3ccccc3)C2=O)CC1. The number of benzene rings is 1. The molecule has 2 fully saturated rings. The Labute approximate surface area is 153 Å². The number of carbonyl (C=O) groups excluding carboxylic acids is 3. The van der Waals surface area contributed by atoms with Crippen molar-refractivity contribution in [3.8, 4) is 0 Å². The zero-order valence-corrected chi connectivity index (χ0v) is 15.0. The number of anilines is 1. The van der Waals surface area contributed by atoms with E-state index in [4.69, 9.17) is 4.74 Å². The van der Waals surface area contributed by atoms with Gasteiger partial charge in [0.1, 0.15) is 5.92 Å². The number of hydrogen-bond acceptors (Lipinski definition) is 4. The number of nitrogens with zero attached hydrogens (tertiary/aromatic N) is 2. The Bertz CT molecular complexity index is 656. The molecule has 0 radical (unpaired) electrons. The van der Waals surface area contributed by atoms with Gasteiger partial charge in [-0.1, -0.05) is 18.2 Å². The van der Waals surface area contributed by atoms with Crippen LogP contribution >= 0.6 is 0 Å². The first-order chi connectivity index (χ1) is 12.6. The highest BCUT2D eigenvalue weighted by Crippen LogP contribution is 2.25. The first-order valence-corrected chi connectivity index (χ1v) is 9.18. The van der Waals surface area contributed by atoms with Gasteiger partial charge in [-0.15, -0.1) is 0 Å². The van der Waals surface area contributed by atoms with E-state index in [0.29, 0.717) is 45.5 Å². The third kappa shape index (κ3) is 3.98. The van der Waals surface area contributed by atoms with Gasteiger partial charge >= 0.3 is 6.09 Å². The average molecular weight is 359 g/mol. The Balaban J connectivity index is 1.50. The van der Waals surface area contributed by atoms with Gasteiger partial charge in [-0.2, -0.15) is 0 Å². The molecule has 2 aliphatic rings. The Morgan fingerprint density at radius 2 is 1.81 bits per heavy atom. The van der Waals surface area contributed by atoms with Crippen LogP contribution < -0.4 is 10.2 Å². The number of ether oxygens (including phenoxy) is 1. The van der Waals surface area contributed by atoms with Crippen molar-refractivity contribution in [3.63, 3.8) is 0 Å². The number of hydrogen-bond donors (Lipinski definition) is 1. The zero-order valence-electron chi connectivity index (χ0n) is 15.0. The van der Waals surface area contributed by atoms with Gasteiger partial charge in [0.15, 0.2) is 0 Å². The fraction of sp³-hybridized carbons (Fsp3) is 0.526. The Morgan fingerprint density at radius 3 is 2.46 bits per heavy atom. The maximum Gasteiger partial charge on any atom is 0.409 e. The molecule has 0 aromatic heterocycles. The molecule has 7 nitrogen and oxygen atoms in total. The topological polar surface area (TPSA) is 79.0 Å². The van der Waals surface area contributed by atoms with Crippen molar-refractivity contribution in [3.05, 3.63) is 30.3 Å². The van der Waals surface area contributed by atoms with E-state index >= 15 is 0 Å². The highest BCUT2D eigenvalue weighted by atomic mass is 16.6. The fourth-order valence-electron chi connectivity index (χ4n) is 3.51. The third-order valence-electron chi connectivity index (χ3n) is 4.96. The second kappa shape index (κ2) is 8.21. The molecule has 2 aliphatic heterocycles. The van der Waals surface area contributed by atoms with Gasteiger partial charge in [0.25, 0.3) is 0 Å². The standard InChI is InChI=1S/C19H25N3O4/c1-2-26-19(25)21-11-8-14(9-12-21)20-17(23)16-10-13-22(18(16)24)15-6-4-3-5-7-15/h3-7,14,16H,2,8-13H2,1H3,(H,20,23)/t16-/m1/s1. The highest BCUT2D eigenvalue weighted by molar-refractivity contribution is 6.09. The summed E-state index contributed by atoms with van der Waals surface area (Å²) < 4.78 is 5.00. The molecule has 0 saturated carbocycles. The highest BCUT2D eigenvalue weighted by Gasteiger charge is 2.38. The molecule has 1 N–H and O–H groups in total. The Morgan fingerprint density at radius 1 is 1.12 bits per heavy atom. The largest absolute Gasteiger partial charge is 0.450 e. The number of nitrogens with one attached hydrogen (secondary N) is 1. The minimum atomic E-state index is -0.627. The first-order valence-electron chi connectivity index (χ1n) is 9.18. The van der Waals surface area contributed by atoms with Crippen molar-refractivity contribution in [1.29, 1.82) is 0 Å². The smallest absolute Gasteiger partial charge is 0.409 e. The maximum atomic E-state index is 12.6. The van der Waals surface area contributed by atoms with Crippen molar-refractivity contribution in [2.24, 2.45) is 5.92 Å². The van der Waals surface area contributed by atoms with Crippen molar-refractivity contribution in [1.82, 2.24) is 10.2 Å². The predicted molar refractivity (Wildman–Crippen MR) is 96.7 cm³/mol. The van der Waals surface area contributed by atoms with Gasteiger partial charge in [-0.3, -0.25) is 9.59 Å². The summed E-state index contributed by atoms with van der Waals surface area (Å²) in [6.07, 6.45) is 1.57. The van der Waals surface area contributed by atoms with E-state index in [0.717, 1.165) is 5.69 Å². The van der Waals surface area contributed by atoms with Gasteiger partial charge in [0.05, 0.1) is 6.61 Å². The zero-order chi connectivity index (χ0) is 18.5. The molecule has 7 heteroatoms. The number of likely N-dealkylation sites (tertiary alicyclic amines) is 1. The van der Waals surface area contributed by atoms with Crippen LogP contribution in [0.25, 0.3) is 0 Å². The van der Waals surface area contributed by atoms with Crippen LogP contribution in [0.3, 0.4) is 0 Å². The summed E-state index contributed by atoms with van der Waals surface area (Å²) in [5, 5.41) is 2.99. The van der Waals surface area contributed by atoms with Crippen LogP contribution in [0.5, 0.6) is 0 Å². The molecule has 1 aromatic carbocycles. The fourth-order valence-corrected chi connectivity index (χ4v) is 3.51. The summed E-state index contributed by atoms with van der Waals surface area (Å²) in [6.45, 7) is 3.80. The molecule has 1 atom stereocenters. The summed E-state index contributed by atoms with van der Waals surface area (Å²) >= 11 is 0. The molecule has 140 valence electrons. The molecule has 1 aromatic rings. The lowest BCUT2D eigenvalue weighted by atomic mass is 10.0. The summed E-state index contributed by atoms with van der Waals surface area (Å²) in [5.41, 5.74) is 0.829. The van der Waals surface area contributed by atoms with Crippen LogP contribution in [0.2, 0.25) is 0 Å². The average Bonchev–Trinajstić information content (AvgIpc) is 3.05. The monoisotopic (exact) mass is 359 g/mol. The van der Waals surface area contributed by atoms with Crippen molar-refractivity contribution < 1.29 is 19.1 Å². The minimum Gasteiger partial charge on any atom is -0.450 e. The summed E-state index contributed by atoms with van der Waals surface area (Å²) in [6, 6.07) is 9.41. The van der Waals surface area contributed by atoms with Crippen LogP contribution in [0.1, 0.15) is 26.2 Å². The van der Waals surface area contributed by atoms with Crippen LogP contribution in [0.15, 0.2) is 30.3 Å². The normalized spacial score (nSPS) is 21.0. The minimum absolute atomic E-state index is 0.00764. The predicted octanol–water partition coefficient (Wildman–Crippen LogP) is 1.78. The molecule has 0 aliphatic carbocycles. The molecule has 0 spiro atoms. The maximum absolute atomic E-state index is 12.6.